The zero-order valence-electron chi connectivity index (χ0n) is 7.72. The lowest BCUT2D eigenvalue weighted by atomic mass is 10.6. The van der Waals surface area contributed by atoms with Crippen molar-refractivity contribution >= 4 is 23.6 Å². The molecule has 0 aliphatic carbocycles. The number of amides is 2. The van der Waals surface area contributed by atoms with Crippen molar-refractivity contribution in [3.8, 4) is 0 Å². The van der Waals surface area contributed by atoms with Gasteiger partial charge >= 0.3 is 6.09 Å². The molecule has 0 radical (unpaired) electrons. The Labute approximate surface area is 87.4 Å². The molecule has 0 heterocycles. The molecule has 14 heavy (non-hydrogen) atoms. The van der Waals surface area contributed by atoms with Gasteiger partial charge in [0.2, 0.25) is 5.91 Å². The highest BCUT2D eigenvalue weighted by Gasteiger charge is 2.00. The van der Waals surface area contributed by atoms with Crippen LogP contribution in [-0.4, -0.2) is 37.6 Å². The predicted molar refractivity (Wildman–Crippen MR) is 53.3 cm³/mol. The van der Waals surface area contributed by atoms with E-state index in [-0.39, 0.29) is 18.4 Å². The third kappa shape index (κ3) is 7.42. The molecule has 0 spiro atoms. The molecule has 0 aromatic carbocycles. The molecule has 80 valence electrons. The van der Waals surface area contributed by atoms with Crippen LogP contribution in [0.3, 0.4) is 0 Å². The summed E-state index contributed by atoms with van der Waals surface area (Å²) in [6.45, 7) is 4.19. The average Bonchev–Trinajstić information content (AvgIpc) is 2.21. The molecule has 0 fully saturated rings. The molecule has 0 aromatic heterocycles. The first-order valence-electron chi connectivity index (χ1n) is 4.05. The summed E-state index contributed by atoms with van der Waals surface area (Å²) in [6, 6.07) is 0. The number of halogens is 1. The summed E-state index contributed by atoms with van der Waals surface area (Å²) in [5.41, 5.74) is 0. The van der Waals surface area contributed by atoms with Crippen LogP contribution in [0.5, 0.6) is 0 Å². The molecule has 2 amide bonds. The third-order valence-corrected chi connectivity index (χ3v) is 1.41. The van der Waals surface area contributed by atoms with Gasteiger partial charge < -0.3 is 15.4 Å². The lowest BCUT2D eigenvalue weighted by molar-refractivity contribution is -0.118. The van der Waals surface area contributed by atoms with Gasteiger partial charge in [-0.2, -0.15) is 0 Å². The van der Waals surface area contributed by atoms with Crippen molar-refractivity contribution in [1.29, 1.82) is 0 Å². The predicted octanol–water partition coefficient (Wildman–Crippen LogP) is 0.254. The second-order valence-electron chi connectivity index (χ2n) is 2.30. The molecule has 5 nitrogen and oxygen atoms in total. The summed E-state index contributed by atoms with van der Waals surface area (Å²) in [4.78, 5) is 21.4. The molecule has 0 aliphatic heterocycles. The van der Waals surface area contributed by atoms with E-state index in [0.717, 1.165) is 0 Å². The van der Waals surface area contributed by atoms with Crippen molar-refractivity contribution in [2.45, 2.75) is 0 Å². The van der Waals surface area contributed by atoms with Gasteiger partial charge in [0, 0.05) is 13.1 Å². The summed E-state index contributed by atoms with van der Waals surface area (Å²) < 4.78 is 4.62. The van der Waals surface area contributed by atoms with E-state index in [4.69, 9.17) is 11.6 Å². The number of nitrogens with one attached hydrogen (secondary N) is 2. The van der Waals surface area contributed by atoms with Gasteiger partial charge in [0.1, 0.15) is 12.5 Å². The van der Waals surface area contributed by atoms with E-state index in [1.165, 1.54) is 6.08 Å². The molecule has 0 aromatic rings. The van der Waals surface area contributed by atoms with Gasteiger partial charge in [0.15, 0.2) is 0 Å². The van der Waals surface area contributed by atoms with Gasteiger partial charge in [0.25, 0.3) is 0 Å². The molecule has 0 atom stereocenters. The smallest absolute Gasteiger partial charge is 0.407 e. The van der Waals surface area contributed by atoms with Crippen LogP contribution in [0, 0.1) is 0 Å². The lowest BCUT2D eigenvalue weighted by Gasteiger charge is -2.05. The minimum atomic E-state index is -0.537. The van der Waals surface area contributed by atoms with Crippen molar-refractivity contribution in [1.82, 2.24) is 10.6 Å². The number of alkyl halides is 1. The van der Waals surface area contributed by atoms with Gasteiger partial charge in [-0.1, -0.05) is 12.7 Å². The van der Waals surface area contributed by atoms with Crippen LogP contribution >= 0.6 is 11.6 Å². The highest BCUT2D eigenvalue weighted by atomic mass is 35.5. The van der Waals surface area contributed by atoms with E-state index in [0.29, 0.717) is 13.1 Å². The van der Waals surface area contributed by atoms with Crippen LogP contribution in [-0.2, 0) is 9.53 Å². The number of rotatable bonds is 6. The standard InChI is InChI=1S/C8H13ClN2O3/c1-2-5-14-8(13)11-4-3-10-7(12)6-9/h2H,1,3-6H2,(H,10,12)(H,11,13). The van der Waals surface area contributed by atoms with Crippen molar-refractivity contribution < 1.29 is 14.3 Å². The third-order valence-electron chi connectivity index (χ3n) is 1.17. The fraction of sp³-hybridized carbons (Fsp3) is 0.500. The first-order chi connectivity index (χ1) is 6.70. The Hall–Kier alpha value is -1.23. The first-order valence-corrected chi connectivity index (χ1v) is 4.58. The van der Waals surface area contributed by atoms with Gasteiger partial charge in [-0.3, -0.25) is 4.79 Å². The van der Waals surface area contributed by atoms with Crippen LogP contribution in [0.2, 0.25) is 0 Å². The lowest BCUT2D eigenvalue weighted by Crippen LogP contribution is -2.35. The summed E-state index contributed by atoms with van der Waals surface area (Å²) >= 11 is 5.23. The monoisotopic (exact) mass is 220 g/mol. The Balaban J connectivity index is 3.31. The van der Waals surface area contributed by atoms with E-state index in [1.54, 1.807) is 0 Å². The Morgan fingerprint density at radius 3 is 2.57 bits per heavy atom. The second-order valence-corrected chi connectivity index (χ2v) is 2.56. The zero-order chi connectivity index (χ0) is 10.8. The average molecular weight is 221 g/mol. The Bertz CT molecular complexity index is 209. The van der Waals surface area contributed by atoms with Crippen molar-refractivity contribution in [2.24, 2.45) is 0 Å². The molecule has 0 saturated heterocycles. The van der Waals surface area contributed by atoms with E-state index < -0.39 is 6.09 Å². The molecule has 0 saturated carbocycles. The number of ether oxygens (including phenoxy) is 1. The molecule has 2 N–H and O–H groups in total. The maximum absolute atomic E-state index is 10.8. The van der Waals surface area contributed by atoms with Crippen molar-refractivity contribution in [3.05, 3.63) is 12.7 Å². The maximum Gasteiger partial charge on any atom is 0.407 e. The molecule has 0 rings (SSSR count). The minimum Gasteiger partial charge on any atom is -0.445 e. The fourth-order valence-corrected chi connectivity index (χ4v) is 0.694. The van der Waals surface area contributed by atoms with Gasteiger partial charge in [-0.15, -0.1) is 11.6 Å². The van der Waals surface area contributed by atoms with Crippen LogP contribution < -0.4 is 10.6 Å². The van der Waals surface area contributed by atoms with Crippen LogP contribution in [0.25, 0.3) is 0 Å². The summed E-state index contributed by atoms with van der Waals surface area (Å²) in [5, 5.41) is 4.91. The number of alkyl carbamates (subject to hydrolysis) is 1. The van der Waals surface area contributed by atoms with Gasteiger partial charge in [-0.25, -0.2) is 4.79 Å². The van der Waals surface area contributed by atoms with Crippen LogP contribution in [0.1, 0.15) is 0 Å². The van der Waals surface area contributed by atoms with Gasteiger partial charge in [0.05, 0.1) is 0 Å². The first kappa shape index (κ1) is 12.8. The zero-order valence-corrected chi connectivity index (χ0v) is 8.47. The number of carbonyl (C=O) groups is 2. The minimum absolute atomic E-state index is 0.0824. The van der Waals surface area contributed by atoms with E-state index in [2.05, 4.69) is 21.9 Å². The van der Waals surface area contributed by atoms with E-state index in [1.807, 2.05) is 0 Å². The molecule has 0 unspecified atom stereocenters. The summed E-state index contributed by atoms with van der Waals surface area (Å²) in [5.74, 6) is -0.353. The van der Waals surface area contributed by atoms with Crippen LogP contribution in [0.4, 0.5) is 4.79 Å². The maximum atomic E-state index is 10.8. The molecule has 0 bridgehead atoms. The fourth-order valence-electron chi connectivity index (χ4n) is 0.599. The molecule has 6 heteroatoms. The summed E-state index contributed by atoms with van der Waals surface area (Å²) in [6.07, 6.45) is 0.930. The highest BCUT2D eigenvalue weighted by Crippen LogP contribution is 1.77. The quantitative estimate of drug-likeness (QED) is 0.383. The molecular formula is C8H13ClN2O3. The number of hydrogen-bond acceptors (Lipinski definition) is 3. The number of carbonyl (C=O) groups excluding carboxylic acids is 2. The largest absolute Gasteiger partial charge is 0.445 e. The van der Waals surface area contributed by atoms with Crippen molar-refractivity contribution in [2.75, 3.05) is 25.6 Å². The van der Waals surface area contributed by atoms with Gasteiger partial charge in [-0.05, 0) is 0 Å². The van der Waals surface area contributed by atoms with E-state index >= 15 is 0 Å². The highest BCUT2D eigenvalue weighted by molar-refractivity contribution is 6.27. The van der Waals surface area contributed by atoms with Crippen molar-refractivity contribution in [3.63, 3.8) is 0 Å². The molecular weight excluding hydrogens is 208 g/mol. The Kier molecular flexibility index (Phi) is 7.64. The van der Waals surface area contributed by atoms with Crippen LogP contribution in [0.15, 0.2) is 12.7 Å². The Morgan fingerprint density at radius 2 is 2.00 bits per heavy atom. The topological polar surface area (TPSA) is 67.4 Å². The normalized spacial score (nSPS) is 8.93. The van der Waals surface area contributed by atoms with E-state index in [9.17, 15) is 9.59 Å². The summed E-state index contributed by atoms with van der Waals surface area (Å²) in [7, 11) is 0. The SMILES string of the molecule is C=CCOC(=O)NCCNC(=O)CCl. The second kappa shape index (κ2) is 8.37. The Morgan fingerprint density at radius 1 is 1.36 bits per heavy atom. The molecule has 0 aliphatic rings. The number of hydrogen-bond donors (Lipinski definition) is 2.